The molecular formula is C19H15N3O3S. The minimum atomic E-state index is -0.474. The second-order valence-electron chi connectivity index (χ2n) is 5.57. The Labute approximate surface area is 153 Å². The van der Waals surface area contributed by atoms with E-state index in [4.69, 9.17) is 9.47 Å². The number of carbonyl (C=O) groups is 1. The van der Waals surface area contributed by atoms with Crippen LogP contribution in [-0.4, -0.2) is 28.3 Å². The molecule has 0 fully saturated rings. The number of methoxy groups -OCH3 is 1. The van der Waals surface area contributed by atoms with Gasteiger partial charge in [-0.1, -0.05) is 30.3 Å². The maximum absolute atomic E-state index is 12.3. The van der Waals surface area contributed by atoms with E-state index >= 15 is 0 Å². The van der Waals surface area contributed by atoms with Gasteiger partial charge in [0.1, 0.15) is 17.4 Å². The van der Waals surface area contributed by atoms with E-state index in [2.05, 4.69) is 15.2 Å². The molecular weight excluding hydrogens is 350 g/mol. The number of rotatable bonds is 5. The highest BCUT2D eigenvalue weighted by molar-refractivity contribution is 7.13. The van der Waals surface area contributed by atoms with E-state index in [-0.39, 0.29) is 12.3 Å². The van der Waals surface area contributed by atoms with Gasteiger partial charge in [0.05, 0.1) is 18.3 Å². The van der Waals surface area contributed by atoms with Gasteiger partial charge in [-0.25, -0.2) is 9.78 Å². The Hall–Kier alpha value is -3.19. The number of esters is 1. The van der Waals surface area contributed by atoms with Crippen molar-refractivity contribution in [3.63, 3.8) is 0 Å². The van der Waals surface area contributed by atoms with Crippen LogP contribution in [0.2, 0.25) is 0 Å². The average molecular weight is 365 g/mol. The number of para-hydroxylation sites is 1. The van der Waals surface area contributed by atoms with Crippen LogP contribution in [0.15, 0.2) is 53.9 Å². The predicted octanol–water partition coefficient (Wildman–Crippen LogP) is 4.05. The molecule has 0 saturated carbocycles. The summed E-state index contributed by atoms with van der Waals surface area (Å²) in [5, 5.41) is 10.3. The van der Waals surface area contributed by atoms with Gasteiger partial charge in [0, 0.05) is 16.3 Å². The number of ether oxygens (including phenoxy) is 2. The molecule has 0 aliphatic carbocycles. The molecule has 130 valence electrons. The number of aromatic amines is 1. The van der Waals surface area contributed by atoms with Crippen molar-refractivity contribution < 1.29 is 14.3 Å². The quantitative estimate of drug-likeness (QED) is 0.540. The van der Waals surface area contributed by atoms with Crippen LogP contribution in [0.5, 0.6) is 5.75 Å². The molecule has 2 aromatic carbocycles. The van der Waals surface area contributed by atoms with Crippen molar-refractivity contribution in [3.05, 3.63) is 65.3 Å². The highest BCUT2D eigenvalue weighted by Gasteiger charge is 2.16. The lowest BCUT2D eigenvalue weighted by Crippen LogP contribution is -2.06. The smallest absolute Gasteiger partial charge is 0.359 e. The molecule has 0 spiro atoms. The third-order valence-corrected chi connectivity index (χ3v) is 4.82. The molecule has 0 radical (unpaired) electrons. The van der Waals surface area contributed by atoms with E-state index in [1.54, 1.807) is 7.11 Å². The summed E-state index contributed by atoms with van der Waals surface area (Å²) in [6.07, 6.45) is 0. The number of carbonyl (C=O) groups excluding carboxylic acids is 1. The van der Waals surface area contributed by atoms with Crippen molar-refractivity contribution in [1.29, 1.82) is 0 Å². The monoisotopic (exact) mass is 365 g/mol. The number of hydrogen-bond acceptors (Lipinski definition) is 6. The first-order valence-corrected chi connectivity index (χ1v) is 8.81. The number of benzene rings is 2. The molecule has 2 aromatic heterocycles. The molecule has 6 nitrogen and oxygen atoms in total. The molecule has 0 amide bonds. The second-order valence-corrected chi connectivity index (χ2v) is 6.43. The van der Waals surface area contributed by atoms with Gasteiger partial charge in [-0.3, -0.25) is 5.10 Å². The Morgan fingerprint density at radius 2 is 2.08 bits per heavy atom. The van der Waals surface area contributed by atoms with Crippen LogP contribution in [-0.2, 0) is 11.3 Å². The van der Waals surface area contributed by atoms with Crippen molar-refractivity contribution >= 4 is 28.2 Å². The lowest BCUT2D eigenvalue weighted by Gasteiger charge is -2.02. The van der Waals surface area contributed by atoms with Gasteiger partial charge < -0.3 is 9.47 Å². The molecule has 0 unspecified atom stereocenters. The van der Waals surface area contributed by atoms with Crippen LogP contribution < -0.4 is 4.74 Å². The number of nitrogens with zero attached hydrogens (tertiary/aromatic N) is 2. The molecule has 0 atom stereocenters. The number of H-pyrrole nitrogens is 1. The highest BCUT2D eigenvalue weighted by Crippen LogP contribution is 2.27. The third kappa shape index (κ3) is 3.16. The van der Waals surface area contributed by atoms with Gasteiger partial charge in [0.25, 0.3) is 0 Å². The summed E-state index contributed by atoms with van der Waals surface area (Å²) < 4.78 is 10.6. The molecule has 0 saturated heterocycles. The minimum absolute atomic E-state index is 0.0977. The van der Waals surface area contributed by atoms with Crippen molar-refractivity contribution in [1.82, 2.24) is 15.2 Å². The van der Waals surface area contributed by atoms with Crippen molar-refractivity contribution in [2.75, 3.05) is 7.11 Å². The fourth-order valence-corrected chi connectivity index (χ4v) is 3.39. The van der Waals surface area contributed by atoms with E-state index < -0.39 is 5.97 Å². The van der Waals surface area contributed by atoms with Crippen molar-refractivity contribution in [3.8, 4) is 16.3 Å². The van der Waals surface area contributed by atoms with E-state index in [0.717, 1.165) is 27.2 Å². The zero-order chi connectivity index (χ0) is 17.9. The van der Waals surface area contributed by atoms with Crippen molar-refractivity contribution in [2.45, 2.75) is 6.61 Å². The second kappa shape index (κ2) is 6.97. The predicted molar refractivity (Wildman–Crippen MR) is 99.3 cm³/mol. The molecule has 26 heavy (non-hydrogen) atoms. The van der Waals surface area contributed by atoms with E-state index in [1.807, 2.05) is 53.9 Å². The van der Waals surface area contributed by atoms with Gasteiger partial charge >= 0.3 is 5.97 Å². The Morgan fingerprint density at radius 3 is 2.96 bits per heavy atom. The standard InChI is InChI=1S/C19H15N3O3S/c1-24-14-6-4-5-12(9-14)18-20-13(11-26-18)10-25-19(23)17-15-7-2-3-8-16(15)21-22-17/h2-9,11H,10H2,1H3,(H,21,22). The summed E-state index contributed by atoms with van der Waals surface area (Å²) in [7, 11) is 1.63. The van der Waals surface area contributed by atoms with Crippen LogP contribution >= 0.6 is 11.3 Å². The summed E-state index contributed by atoms with van der Waals surface area (Å²) in [5.41, 5.74) is 2.74. The molecule has 2 heterocycles. The van der Waals surface area contributed by atoms with E-state index in [9.17, 15) is 4.79 Å². The zero-order valence-electron chi connectivity index (χ0n) is 13.9. The Morgan fingerprint density at radius 1 is 1.19 bits per heavy atom. The minimum Gasteiger partial charge on any atom is -0.497 e. The molecule has 1 N–H and O–H groups in total. The van der Waals surface area contributed by atoms with E-state index in [1.165, 1.54) is 11.3 Å². The number of aromatic nitrogens is 3. The highest BCUT2D eigenvalue weighted by atomic mass is 32.1. The van der Waals surface area contributed by atoms with Gasteiger partial charge in [-0.15, -0.1) is 11.3 Å². The summed E-state index contributed by atoms with van der Waals surface area (Å²) in [6.45, 7) is 0.0977. The number of thiazole rings is 1. The largest absolute Gasteiger partial charge is 0.497 e. The summed E-state index contributed by atoms with van der Waals surface area (Å²) >= 11 is 1.49. The van der Waals surface area contributed by atoms with Crippen LogP contribution in [0.1, 0.15) is 16.2 Å². The third-order valence-electron chi connectivity index (χ3n) is 3.88. The molecule has 0 aliphatic rings. The number of fused-ring (bicyclic) bond motifs is 1. The first kappa shape index (κ1) is 16.3. The van der Waals surface area contributed by atoms with Gasteiger partial charge in [0.15, 0.2) is 5.69 Å². The molecule has 7 heteroatoms. The lowest BCUT2D eigenvalue weighted by molar-refractivity contribution is 0.0464. The lowest BCUT2D eigenvalue weighted by atomic mass is 10.2. The normalized spacial score (nSPS) is 10.8. The molecule has 0 bridgehead atoms. The fraction of sp³-hybridized carbons (Fsp3) is 0.105. The van der Waals surface area contributed by atoms with Gasteiger partial charge in [-0.05, 0) is 18.2 Å². The average Bonchev–Trinajstić information content (AvgIpc) is 3.33. The van der Waals surface area contributed by atoms with Gasteiger partial charge in [-0.2, -0.15) is 5.10 Å². The first-order valence-electron chi connectivity index (χ1n) is 7.93. The Balaban J connectivity index is 1.47. The number of hydrogen-bond donors (Lipinski definition) is 1. The Bertz CT molecular complexity index is 1070. The van der Waals surface area contributed by atoms with Crippen LogP contribution in [0.4, 0.5) is 0 Å². The maximum Gasteiger partial charge on any atom is 0.359 e. The summed E-state index contributed by atoms with van der Waals surface area (Å²) in [5.74, 6) is 0.300. The topological polar surface area (TPSA) is 77.1 Å². The summed E-state index contributed by atoms with van der Waals surface area (Å²) in [6, 6.07) is 15.1. The van der Waals surface area contributed by atoms with Crippen LogP contribution in [0, 0.1) is 0 Å². The molecule has 4 aromatic rings. The fourth-order valence-electron chi connectivity index (χ4n) is 2.59. The Kier molecular flexibility index (Phi) is 4.37. The van der Waals surface area contributed by atoms with Crippen LogP contribution in [0.3, 0.4) is 0 Å². The zero-order valence-corrected chi connectivity index (χ0v) is 14.7. The SMILES string of the molecule is COc1cccc(-c2nc(COC(=O)c3n[nH]c4ccccc34)cs2)c1. The molecule has 4 rings (SSSR count). The van der Waals surface area contributed by atoms with Crippen LogP contribution in [0.25, 0.3) is 21.5 Å². The first-order chi connectivity index (χ1) is 12.7. The van der Waals surface area contributed by atoms with Crippen molar-refractivity contribution in [2.24, 2.45) is 0 Å². The van der Waals surface area contributed by atoms with Gasteiger partial charge in [0.2, 0.25) is 0 Å². The van der Waals surface area contributed by atoms with E-state index in [0.29, 0.717) is 5.69 Å². The molecule has 0 aliphatic heterocycles. The number of nitrogens with one attached hydrogen (secondary N) is 1. The maximum atomic E-state index is 12.3. The summed E-state index contributed by atoms with van der Waals surface area (Å²) in [4.78, 5) is 16.8.